The molecule has 1 aliphatic heterocycles. The number of carboxylic acid groups (broad SMARTS) is 1. The maximum absolute atomic E-state index is 10.2. The molecule has 0 aromatic carbocycles. The van der Waals surface area contributed by atoms with Gasteiger partial charge in [0.2, 0.25) is 0 Å². The topological polar surface area (TPSA) is 46.5 Å². The fraction of sp³-hybridized carbons (Fsp3) is 0.833. The SMILES string of the molecule is CCC1COC1C(=O)O. The molecule has 52 valence electrons. The quantitative estimate of drug-likeness (QED) is 0.592. The van der Waals surface area contributed by atoms with Crippen LogP contribution < -0.4 is 0 Å². The fourth-order valence-electron chi connectivity index (χ4n) is 0.933. The van der Waals surface area contributed by atoms with Crippen molar-refractivity contribution >= 4 is 5.97 Å². The van der Waals surface area contributed by atoms with Gasteiger partial charge in [-0.1, -0.05) is 6.92 Å². The molecule has 0 saturated carbocycles. The Kier molecular flexibility index (Phi) is 1.71. The van der Waals surface area contributed by atoms with Crippen LogP contribution in [0.4, 0.5) is 0 Å². The lowest BCUT2D eigenvalue weighted by molar-refractivity contribution is -0.177. The van der Waals surface area contributed by atoms with Crippen molar-refractivity contribution in [2.24, 2.45) is 5.92 Å². The van der Waals surface area contributed by atoms with Crippen LogP contribution in [-0.2, 0) is 9.53 Å². The van der Waals surface area contributed by atoms with E-state index < -0.39 is 12.1 Å². The van der Waals surface area contributed by atoms with Crippen molar-refractivity contribution < 1.29 is 14.6 Å². The Morgan fingerprint density at radius 1 is 1.89 bits per heavy atom. The highest BCUT2D eigenvalue weighted by atomic mass is 16.5. The number of aliphatic carboxylic acids is 1. The molecule has 0 bridgehead atoms. The second-order valence-electron chi connectivity index (χ2n) is 2.26. The minimum absolute atomic E-state index is 0.252. The van der Waals surface area contributed by atoms with Crippen LogP contribution in [0, 0.1) is 5.92 Å². The monoisotopic (exact) mass is 130 g/mol. The molecular formula is C6H10O3. The van der Waals surface area contributed by atoms with Gasteiger partial charge in [-0.25, -0.2) is 4.79 Å². The lowest BCUT2D eigenvalue weighted by Gasteiger charge is -2.32. The van der Waals surface area contributed by atoms with Crippen molar-refractivity contribution in [1.82, 2.24) is 0 Å². The van der Waals surface area contributed by atoms with Crippen molar-refractivity contribution in [2.45, 2.75) is 19.4 Å². The second-order valence-corrected chi connectivity index (χ2v) is 2.26. The van der Waals surface area contributed by atoms with E-state index in [4.69, 9.17) is 9.84 Å². The summed E-state index contributed by atoms with van der Waals surface area (Å²) in [5.74, 6) is -0.574. The molecule has 0 aromatic rings. The summed E-state index contributed by atoms with van der Waals surface area (Å²) in [6, 6.07) is 0. The molecule has 0 amide bonds. The van der Waals surface area contributed by atoms with Crippen molar-refractivity contribution in [3.05, 3.63) is 0 Å². The number of carbonyl (C=O) groups is 1. The van der Waals surface area contributed by atoms with Crippen LogP contribution in [0.2, 0.25) is 0 Å². The molecular weight excluding hydrogens is 120 g/mol. The number of rotatable bonds is 2. The zero-order chi connectivity index (χ0) is 6.85. The highest BCUT2D eigenvalue weighted by Gasteiger charge is 2.36. The van der Waals surface area contributed by atoms with E-state index in [0.717, 1.165) is 6.42 Å². The largest absolute Gasteiger partial charge is 0.479 e. The van der Waals surface area contributed by atoms with Crippen LogP contribution >= 0.6 is 0 Å². The Labute approximate surface area is 53.6 Å². The Morgan fingerprint density at radius 2 is 2.56 bits per heavy atom. The third-order valence-corrected chi connectivity index (χ3v) is 1.69. The maximum Gasteiger partial charge on any atom is 0.333 e. The van der Waals surface area contributed by atoms with Crippen LogP contribution in [0.15, 0.2) is 0 Å². The lowest BCUT2D eigenvalue weighted by atomic mass is 9.95. The molecule has 9 heavy (non-hydrogen) atoms. The predicted molar refractivity (Wildman–Crippen MR) is 31.2 cm³/mol. The molecule has 1 saturated heterocycles. The van der Waals surface area contributed by atoms with Crippen LogP contribution in [0.25, 0.3) is 0 Å². The zero-order valence-corrected chi connectivity index (χ0v) is 5.33. The third-order valence-electron chi connectivity index (χ3n) is 1.69. The molecule has 3 heteroatoms. The van der Waals surface area contributed by atoms with E-state index in [9.17, 15) is 4.79 Å². The Bertz CT molecular complexity index is 119. The first-order valence-corrected chi connectivity index (χ1v) is 3.10. The molecule has 1 N–H and O–H groups in total. The summed E-state index contributed by atoms with van der Waals surface area (Å²) in [7, 11) is 0. The van der Waals surface area contributed by atoms with Crippen molar-refractivity contribution in [2.75, 3.05) is 6.61 Å². The van der Waals surface area contributed by atoms with E-state index in [2.05, 4.69) is 0 Å². The number of hydrogen-bond acceptors (Lipinski definition) is 2. The van der Waals surface area contributed by atoms with Crippen molar-refractivity contribution in [1.29, 1.82) is 0 Å². The number of ether oxygens (including phenoxy) is 1. The van der Waals surface area contributed by atoms with Gasteiger partial charge in [-0.3, -0.25) is 0 Å². The predicted octanol–water partition coefficient (Wildman–Crippen LogP) is 0.496. The van der Waals surface area contributed by atoms with E-state index in [1.54, 1.807) is 0 Å². The molecule has 0 spiro atoms. The van der Waals surface area contributed by atoms with E-state index in [-0.39, 0.29) is 5.92 Å². The second kappa shape index (κ2) is 2.35. The highest BCUT2D eigenvalue weighted by Crippen LogP contribution is 2.22. The smallest absolute Gasteiger partial charge is 0.333 e. The van der Waals surface area contributed by atoms with E-state index in [0.29, 0.717) is 6.61 Å². The van der Waals surface area contributed by atoms with Crippen LogP contribution in [0.3, 0.4) is 0 Å². The average molecular weight is 130 g/mol. The van der Waals surface area contributed by atoms with Gasteiger partial charge >= 0.3 is 5.97 Å². The first-order chi connectivity index (χ1) is 4.25. The molecule has 0 aliphatic carbocycles. The van der Waals surface area contributed by atoms with E-state index >= 15 is 0 Å². The molecule has 1 aliphatic rings. The molecule has 2 unspecified atom stereocenters. The number of hydrogen-bond donors (Lipinski definition) is 1. The van der Waals surface area contributed by atoms with Gasteiger partial charge in [0.15, 0.2) is 6.10 Å². The standard InChI is InChI=1S/C6H10O3/c1-2-4-3-9-5(4)6(7)8/h4-5H,2-3H2,1H3,(H,7,8). The van der Waals surface area contributed by atoms with Gasteiger partial charge in [0.25, 0.3) is 0 Å². The normalized spacial score (nSPS) is 33.4. The summed E-state index contributed by atoms with van der Waals surface area (Å²) in [5, 5.41) is 8.41. The van der Waals surface area contributed by atoms with Crippen LogP contribution in [0.1, 0.15) is 13.3 Å². The van der Waals surface area contributed by atoms with E-state index in [1.807, 2.05) is 6.92 Å². The summed E-state index contributed by atoms with van der Waals surface area (Å²) >= 11 is 0. The minimum atomic E-state index is -0.826. The van der Waals surface area contributed by atoms with Gasteiger partial charge in [-0.15, -0.1) is 0 Å². The van der Waals surface area contributed by atoms with E-state index in [1.165, 1.54) is 0 Å². The molecule has 1 fully saturated rings. The molecule has 0 aromatic heterocycles. The fourth-order valence-corrected chi connectivity index (χ4v) is 0.933. The summed E-state index contributed by atoms with van der Waals surface area (Å²) in [6.07, 6.45) is 0.381. The third kappa shape index (κ3) is 1.05. The van der Waals surface area contributed by atoms with Crippen LogP contribution in [-0.4, -0.2) is 23.8 Å². The van der Waals surface area contributed by atoms with Crippen LogP contribution in [0.5, 0.6) is 0 Å². The summed E-state index contributed by atoms with van der Waals surface area (Å²) in [4.78, 5) is 10.2. The average Bonchev–Trinajstić information content (AvgIpc) is 1.61. The summed E-state index contributed by atoms with van der Waals surface area (Å²) in [5.41, 5.74) is 0. The van der Waals surface area contributed by atoms with Gasteiger partial charge in [0.1, 0.15) is 0 Å². The lowest BCUT2D eigenvalue weighted by Crippen LogP contribution is -2.44. The minimum Gasteiger partial charge on any atom is -0.479 e. The van der Waals surface area contributed by atoms with Gasteiger partial charge in [-0.2, -0.15) is 0 Å². The van der Waals surface area contributed by atoms with Crippen molar-refractivity contribution in [3.63, 3.8) is 0 Å². The van der Waals surface area contributed by atoms with Gasteiger partial charge in [0, 0.05) is 5.92 Å². The van der Waals surface area contributed by atoms with Gasteiger partial charge in [-0.05, 0) is 6.42 Å². The first-order valence-electron chi connectivity index (χ1n) is 3.10. The molecule has 1 heterocycles. The van der Waals surface area contributed by atoms with Gasteiger partial charge in [0.05, 0.1) is 6.61 Å². The first kappa shape index (κ1) is 6.55. The summed E-state index contributed by atoms with van der Waals surface area (Å²) < 4.78 is 4.80. The molecule has 0 radical (unpaired) electrons. The zero-order valence-electron chi connectivity index (χ0n) is 5.33. The highest BCUT2D eigenvalue weighted by molar-refractivity contribution is 5.73. The number of carboxylic acids is 1. The molecule has 1 rings (SSSR count). The Balaban J connectivity index is 2.35. The Hall–Kier alpha value is -0.570. The molecule has 2 atom stereocenters. The molecule has 3 nitrogen and oxygen atoms in total. The van der Waals surface area contributed by atoms with Gasteiger partial charge < -0.3 is 9.84 Å². The summed E-state index contributed by atoms with van der Waals surface area (Å²) in [6.45, 7) is 2.59. The van der Waals surface area contributed by atoms with Crippen molar-refractivity contribution in [3.8, 4) is 0 Å². The maximum atomic E-state index is 10.2. The Morgan fingerprint density at radius 3 is 2.67 bits per heavy atom.